The number of carbonyl (C=O) groups is 2. The normalized spacial score (nSPS) is 10.9. The van der Waals surface area contributed by atoms with E-state index in [1.54, 1.807) is 48.5 Å². The first-order valence-corrected chi connectivity index (χ1v) is 11.3. The van der Waals surface area contributed by atoms with E-state index in [0.29, 0.717) is 46.4 Å². The monoisotopic (exact) mass is 473 g/mol. The Morgan fingerprint density at radius 3 is 2.34 bits per heavy atom. The Kier molecular flexibility index (Phi) is 7.94. The third-order valence-electron chi connectivity index (χ3n) is 5.02. The summed E-state index contributed by atoms with van der Waals surface area (Å²) in [6, 6.07) is 13.4. The van der Waals surface area contributed by atoms with Gasteiger partial charge in [-0.05, 0) is 55.3 Å². The average molecular weight is 474 g/mol. The molecule has 0 spiro atoms. The van der Waals surface area contributed by atoms with Crippen LogP contribution < -0.4 is 5.56 Å². The summed E-state index contributed by atoms with van der Waals surface area (Å²) in [7, 11) is 0. The van der Waals surface area contributed by atoms with E-state index in [2.05, 4.69) is 5.10 Å². The number of ketones is 1. The van der Waals surface area contributed by atoms with Crippen LogP contribution in [-0.2, 0) is 6.42 Å². The third-order valence-corrected chi connectivity index (χ3v) is 5.50. The van der Waals surface area contributed by atoms with Crippen LogP contribution in [-0.4, -0.2) is 39.5 Å². The van der Waals surface area contributed by atoms with Crippen molar-refractivity contribution >= 4 is 34.9 Å². The van der Waals surface area contributed by atoms with Gasteiger partial charge in [0.2, 0.25) is 0 Å². The first-order chi connectivity index (χ1) is 15.3. The van der Waals surface area contributed by atoms with Gasteiger partial charge in [-0.2, -0.15) is 0 Å². The summed E-state index contributed by atoms with van der Waals surface area (Å²) in [4.78, 5) is 40.9. The van der Waals surface area contributed by atoms with E-state index in [-0.39, 0.29) is 18.0 Å². The zero-order valence-electron chi connectivity index (χ0n) is 18.0. The third kappa shape index (κ3) is 5.31. The molecule has 1 aromatic heterocycles. The Labute approximate surface area is 196 Å². The number of H-pyrrole nitrogens is 1. The molecule has 0 saturated heterocycles. The molecule has 8 heteroatoms. The van der Waals surface area contributed by atoms with Gasteiger partial charge in [0.1, 0.15) is 5.56 Å². The molecule has 0 aliphatic heterocycles. The zero-order chi connectivity index (χ0) is 23.3. The SMILES string of the molecule is CCCc1[nH]n(-c2cccc(Cl)c2)c(=O)c1C(=O)CN(CCC)C(=O)c1ccc(Cl)cc1. The second kappa shape index (κ2) is 10.7. The van der Waals surface area contributed by atoms with Crippen molar-refractivity contribution in [2.75, 3.05) is 13.1 Å². The minimum Gasteiger partial charge on any atom is -0.331 e. The summed E-state index contributed by atoms with van der Waals surface area (Å²) < 4.78 is 1.33. The maximum absolute atomic E-state index is 13.3. The lowest BCUT2D eigenvalue weighted by molar-refractivity contribution is 0.0709. The van der Waals surface area contributed by atoms with Gasteiger partial charge >= 0.3 is 0 Å². The maximum atomic E-state index is 13.3. The van der Waals surface area contributed by atoms with Gasteiger partial charge in [-0.3, -0.25) is 19.5 Å². The molecule has 1 N–H and O–H groups in total. The summed E-state index contributed by atoms with van der Waals surface area (Å²) in [6.07, 6.45) is 1.95. The fraction of sp³-hybridized carbons (Fsp3) is 0.292. The Balaban J connectivity index is 1.95. The van der Waals surface area contributed by atoms with Crippen LogP contribution in [0.15, 0.2) is 53.3 Å². The van der Waals surface area contributed by atoms with E-state index in [9.17, 15) is 14.4 Å². The predicted molar refractivity (Wildman–Crippen MR) is 127 cm³/mol. The summed E-state index contributed by atoms with van der Waals surface area (Å²) in [5, 5.41) is 4.06. The summed E-state index contributed by atoms with van der Waals surface area (Å²) in [6.45, 7) is 4.10. The number of hydrogen-bond donors (Lipinski definition) is 1. The molecule has 6 nitrogen and oxygen atoms in total. The molecule has 0 saturated carbocycles. The Morgan fingerprint density at radius 2 is 1.72 bits per heavy atom. The number of amides is 1. The number of Topliss-reactive ketones (excluding diaryl/α,β-unsaturated/α-hetero) is 1. The lowest BCUT2D eigenvalue weighted by atomic mass is 10.1. The molecule has 32 heavy (non-hydrogen) atoms. The Hall–Kier alpha value is -2.83. The number of nitrogens with one attached hydrogen (secondary N) is 1. The molecule has 0 atom stereocenters. The second-order valence-corrected chi connectivity index (χ2v) is 8.37. The van der Waals surface area contributed by atoms with E-state index >= 15 is 0 Å². The van der Waals surface area contributed by atoms with Gasteiger partial charge in [0.15, 0.2) is 5.78 Å². The maximum Gasteiger partial charge on any atom is 0.282 e. The van der Waals surface area contributed by atoms with Gasteiger partial charge in [0.25, 0.3) is 11.5 Å². The van der Waals surface area contributed by atoms with Crippen LogP contribution in [0.4, 0.5) is 0 Å². The molecule has 1 heterocycles. The van der Waals surface area contributed by atoms with Crippen LogP contribution in [0.5, 0.6) is 0 Å². The van der Waals surface area contributed by atoms with Crippen LogP contribution in [0, 0.1) is 0 Å². The summed E-state index contributed by atoms with van der Waals surface area (Å²) >= 11 is 12.0. The lowest BCUT2D eigenvalue weighted by Gasteiger charge is -2.21. The number of benzene rings is 2. The molecular weight excluding hydrogens is 449 g/mol. The van der Waals surface area contributed by atoms with E-state index in [4.69, 9.17) is 23.2 Å². The molecule has 1 amide bonds. The fourth-order valence-corrected chi connectivity index (χ4v) is 3.86. The number of carbonyl (C=O) groups excluding carboxylic acids is 2. The van der Waals surface area contributed by atoms with E-state index < -0.39 is 11.3 Å². The topological polar surface area (TPSA) is 75.2 Å². The molecule has 168 valence electrons. The van der Waals surface area contributed by atoms with E-state index in [1.165, 1.54) is 9.58 Å². The van der Waals surface area contributed by atoms with Gasteiger partial charge in [0, 0.05) is 27.8 Å². The number of halogens is 2. The van der Waals surface area contributed by atoms with Crippen LogP contribution >= 0.6 is 23.2 Å². The van der Waals surface area contributed by atoms with Crippen molar-refractivity contribution in [3.05, 3.63) is 85.8 Å². The summed E-state index contributed by atoms with van der Waals surface area (Å²) in [5.74, 6) is -0.675. The van der Waals surface area contributed by atoms with Crippen molar-refractivity contribution in [3.8, 4) is 5.69 Å². The number of rotatable bonds is 9. The van der Waals surface area contributed by atoms with Crippen molar-refractivity contribution in [2.45, 2.75) is 33.1 Å². The fourth-order valence-electron chi connectivity index (χ4n) is 3.55. The number of aromatic nitrogens is 2. The number of hydrogen-bond acceptors (Lipinski definition) is 3. The van der Waals surface area contributed by atoms with Gasteiger partial charge < -0.3 is 4.90 Å². The zero-order valence-corrected chi connectivity index (χ0v) is 19.5. The smallest absolute Gasteiger partial charge is 0.282 e. The van der Waals surface area contributed by atoms with Crippen LogP contribution in [0.3, 0.4) is 0 Å². The molecule has 0 aliphatic rings. The van der Waals surface area contributed by atoms with Crippen LogP contribution in [0.1, 0.15) is 53.1 Å². The molecule has 0 aliphatic carbocycles. The number of nitrogens with zero attached hydrogens (tertiary/aromatic N) is 2. The van der Waals surface area contributed by atoms with Crippen molar-refractivity contribution in [1.29, 1.82) is 0 Å². The van der Waals surface area contributed by atoms with Crippen LogP contribution in [0.2, 0.25) is 10.0 Å². The van der Waals surface area contributed by atoms with Gasteiger partial charge in [-0.1, -0.05) is 49.5 Å². The van der Waals surface area contributed by atoms with Crippen molar-refractivity contribution in [3.63, 3.8) is 0 Å². The molecule has 0 fully saturated rings. The molecular formula is C24H25Cl2N3O3. The Morgan fingerprint density at radius 1 is 1.00 bits per heavy atom. The van der Waals surface area contributed by atoms with Crippen molar-refractivity contribution < 1.29 is 9.59 Å². The van der Waals surface area contributed by atoms with Gasteiger partial charge in [-0.15, -0.1) is 0 Å². The van der Waals surface area contributed by atoms with Crippen molar-refractivity contribution in [2.24, 2.45) is 0 Å². The standard InChI is InChI=1S/C24H25Cl2N3O3/c1-3-6-20-22(24(32)29(27-20)19-8-5-7-18(26)14-19)21(30)15-28(13-4-2)23(31)16-9-11-17(25)12-10-16/h5,7-12,14,27H,3-4,6,13,15H2,1-2H3. The highest BCUT2D eigenvalue weighted by Crippen LogP contribution is 2.16. The minimum absolute atomic E-state index is 0.0804. The highest BCUT2D eigenvalue weighted by molar-refractivity contribution is 6.31. The number of aromatic amines is 1. The molecule has 3 aromatic rings. The highest BCUT2D eigenvalue weighted by atomic mass is 35.5. The Bertz CT molecular complexity index is 1170. The molecule has 0 radical (unpaired) electrons. The average Bonchev–Trinajstić information content (AvgIpc) is 3.09. The molecule has 2 aromatic carbocycles. The van der Waals surface area contributed by atoms with Crippen LogP contribution in [0.25, 0.3) is 5.69 Å². The van der Waals surface area contributed by atoms with Crippen molar-refractivity contribution in [1.82, 2.24) is 14.7 Å². The van der Waals surface area contributed by atoms with E-state index in [1.807, 2.05) is 13.8 Å². The lowest BCUT2D eigenvalue weighted by Crippen LogP contribution is -2.38. The van der Waals surface area contributed by atoms with Gasteiger partial charge in [-0.25, -0.2) is 4.68 Å². The highest BCUT2D eigenvalue weighted by Gasteiger charge is 2.25. The van der Waals surface area contributed by atoms with Gasteiger partial charge in [0.05, 0.1) is 12.2 Å². The van der Waals surface area contributed by atoms with E-state index in [0.717, 1.165) is 6.42 Å². The summed E-state index contributed by atoms with van der Waals surface area (Å²) in [5.41, 5.74) is 1.17. The first kappa shape index (κ1) is 23.8. The molecule has 0 bridgehead atoms. The second-order valence-electron chi connectivity index (χ2n) is 7.49. The molecule has 0 unspecified atom stereocenters. The number of aryl methyl sites for hydroxylation is 1. The largest absolute Gasteiger partial charge is 0.331 e. The molecule has 3 rings (SSSR count). The minimum atomic E-state index is -0.448. The first-order valence-electron chi connectivity index (χ1n) is 10.5. The quantitative estimate of drug-likeness (QED) is 0.436. The predicted octanol–water partition coefficient (Wildman–Crippen LogP) is 5.16.